The number of nitrogens with one attached hydrogen (secondary N) is 3. The Kier molecular flexibility index (Phi) is 10.2. The number of hydrogen-bond acceptors (Lipinski definition) is 4. The Hall–Kier alpha value is -2.04. The van der Waals surface area contributed by atoms with Crippen LogP contribution in [-0.4, -0.2) is 56.1 Å². The van der Waals surface area contributed by atoms with Gasteiger partial charge >= 0.3 is 12.0 Å². The Labute approximate surface area is 189 Å². The van der Waals surface area contributed by atoms with Crippen molar-refractivity contribution in [2.75, 3.05) is 32.6 Å². The molecule has 1 saturated heterocycles. The van der Waals surface area contributed by atoms with Gasteiger partial charge in [-0.1, -0.05) is 19.1 Å². The van der Waals surface area contributed by atoms with E-state index in [9.17, 15) is 9.59 Å². The van der Waals surface area contributed by atoms with Gasteiger partial charge in [-0.2, -0.15) is 0 Å². The second kappa shape index (κ2) is 11.8. The molecular formula is C20H32IN5O3. The molecule has 0 spiro atoms. The summed E-state index contributed by atoms with van der Waals surface area (Å²) in [7, 11) is 3.16. The number of nitrogens with zero attached hydrogens (tertiary/aromatic N) is 2. The molecule has 1 aromatic carbocycles. The minimum Gasteiger partial charge on any atom is -0.469 e. The van der Waals surface area contributed by atoms with Crippen LogP contribution >= 0.6 is 24.0 Å². The summed E-state index contributed by atoms with van der Waals surface area (Å²) in [4.78, 5) is 30.0. The smallest absolute Gasteiger partial charge is 0.319 e. The van der Waals surface area contributed by atoms with Crippen molar-refractivity contribution in [2.24, 2.45) is 16.8 Å². The van der Waals surface area contributed by atoms with Gasteiger partial charge in [0.1, 0.15) is 0 Å². The van der Waals surface area contributed by atoms with Crippen molar-refractivity contribution in [3.8, 4) is 0 Å². The number of guanidine groups is 1. The van der Waals surface area contributed by atoms with Crippen molar-refractivity contribution < 1.29 is 14.3 Å². The molecule has 0 radical (unpaired) electrons. The molecule has 1 fully saturated rings. The highest BCUT2D eigenvalue weighted by atomic mass is 127. The van der Waals surface area contributed by atoms with E-state index in [-0.39, 0.29) is 53.9 Å². The maximum Gasteiger partial charge on any atom is 0.319 e. The average molecular weight is 517 g/mol. The summed E-state index contributed by atoms with van der Waals surface area (Å²) in [5, 5.41) is 8.92. The van der Waals surface area contributed by atoms with Crippen LogP contribution in [0.5, 0.6) is 0 Å². The topological polar surface area (TPSA) is 95.1 Å². The Bertz CT molecular complexity index is 709. The molecule has 0 aliphatic carbocycles. The quantitative estimate of drug-likeness (QED) is 0.242. The summed E-state index contributed by atoms with van der Waals surface area (Å²) in [6, 6.07) is 7.51. The number of ether oxygens (including phenoxy) is 1. The van der Waals surface area contributed by atoms with Crippen molar-refractivity contribution in [1.82, 2.24) is 15.5 Å². The number of rotatable bonds is 5. The number of aliphatic imine (C=N–C) groups is 1. The molecule has 3 N–H and O–H groups in total. The number of likely N-dealkylation sites (tertiary alicyclic amines) is 1. The number of hydrogen-bond donors (Lipinski definition) is 3. The number of halogens is 1. The monoisotopic (exact) mass is 517 g/mol. The first-order valence-electron chi connectivity index (χ1n) is 9.54. The van der Waals surface area contributed by atoms with Crippen LogP contribution in [-0.2, 0) is 16.1 Å². The van der Waals surface area contributed by atoms with E-state index in [1.54, 1.807) is 7.05 Å². The van der Waals surface area contributed by atoms with Crippen LogP contribution in [0.2, 0.25) is 0 Å². The molecule has 0 aromatic heterocycles. The highest BCUT2D eigenvalue weighted by Crippen LogP contribution is 2.24. The fraction of sp³-hybridized carbons (Fsp3) is 0.550. The van der Waals surface area contributed by atoms with E-state index in [0.717, 1.165) is 23.8 Å². The Morgan fingerprint density at radius 1 is 1.24 bits per heavy atom. The molecular weight excluding hydrogens is 485 g/mol. The van der Waals surface area contributed by atoms with Gasteiger partial charge in [-0.15, -0.1) is 24.0 Å². The molecule has 162 valence electrons. The first-order chi connectivity index (χ1) is 13.3. The Morgan fingerprint density at radius 3 is 2.45 bits per heavy atom. The lowest BCUT2D eigenvalue weighted by atomic mass is 9.99. The summed E-state index contributed by atoms with van der Waals surface area (Å²) >= 11 is 0. The molecule has 8 nitrogen and oxygen atoms in total. The van der Waals surface area contributed by atoms with Crippen molar-refractivity contribution in [3.05, 3.63) is 29.8 Å². The van der Waals surface area contributed by atoms with Gasteiger partial charge in [0.05, 0.1) is 13.0 Å². The largest absolute Gasteiger partial charge is 0.469 e. The van der Waals surface area contributed by atoms with Gasteiger partial charge in [0.15, 0.2) is 5.96 Å². The molecule has 2 amide bonds. The molecule has 2 atom stereocenters. The Balaban J connectivity index is 0.00000420. The van der Waals surface area contributed by atoms with Crippen LogP contribution in [0.1, 0.15) is 26.3 Å². The minimum absolute atomic E-state index is 0. The van der Waals surface area contributed by atoms with Gasteiger partial charge in [0, 0.05) is 38.4 Å². The van der Waals surface area contributed by atoms with Crippen molar-refractivity contribution >= 4 is 47.6 Å². The first-order valence-corrected chi connectivity index (χ1v) is 9.54. The lowest BCUT2D eigenvalue weighted by Crippen LogP contribution is -2.40. The minimum atomic E-state index is -0.218. The van der Waals surface area contributed by atoms with Crippen molar-refractivity contribution in [2.45, 2.75) is 33.4 Å². The van der Waals surface area contributed by atoms with Crippen LogP contribution in [0.4, 0.5) is 10.5 Å². The number of anilines is 1. The third-order valence-electron chi connectivity index (χ3n) is 4.71. The average Bonchev–Trinajstić information content (AvgIpc) is 3.03. The predicted molar refractivity (Wildman–Crippen MR) is 126 cm³/mol. The maximum atomic E-state index is 11.9. The fourth-order valence-electron chi connectivity index (χ4n) is 3.25. The molecule has 1 aliphatic heterocycles. The molecule has 9 heteroatoms. The molecule has 2 unspecified atom stereocenters. The number of carbonyl (C=O) groups excluding carboxylic acids is 2. The lowest BCUT2D eigenvalue weighted by Gasteiger charge is -2.21. The van der Waals surface area contributed by atoms with E-state index >= 15 is 0 Å². The highest BCUT2D eigenvalue weighted by Gasteiger charge is 2.36. The van der Waals surface area contributed by atoms with Gasteiger partial charge in [0.2, 0.25) is 0 Å². The zero-order valence-corrected chi connectivity index (χ0v) is 20.0. The zero-order valence-electron chi connectivity index (χ0n) is 17.7. The summed E-state index contributed by atoms with van der Waals surface area (Å²) < 4.78 is 4.89. The molecule has 1 aliphatic rings. The molecule has 1 heterocycles. The molecule has 0 bridgehead atoms. The molecule has 2 rings (SSSR count). The van der Waals surface area contributed by atoms with Crippen LogP contribution in [0, 0.1) is 11.8 Å². The highest BCUT2D eigenvalue weighted by molar-refractivity contribution is 14.0. The van der Waals surface area contributed by atoms with E-state index in [1.165, 1.54) is 7.11 Å². The fourth-order valence-corrected chi connectivity index (χ4v) is 3.25. The van der Waals surface area contributed by atoms with Crippen LogP contribution < -0.4 is 16.0 Å². The van der Waals surface area contributed by atoms with Crippen LogP contribution in [0.15, 0.2) is 29.3 Å². The third kappa shape index (κ3) is 7.37. The molecule has 29 heavy (non-hydrogen) atoms. The van der Waals surface area contributed by atoms with E-state index in [0.29, 0.717) is 13.1 Å². The SMILES string of the molecule is CN=C(NCc1ccc(NC(=O)NC(C)C)cc1)N1CC(C)C(C(=O)OC)C1.I. The van der Waals surface area contributed by atoms with Gasteiger partial charge in [-0.05, 0) is 37.5 Å². The number of esters is 1. The Morgan fingerprint density at radius 2 is 1.90 bits per heavy atom. The molecule has 0 saturated carbocycles. The number of benzene rings is 1. The van der Waals surface area contributed by atoms with Crippen molar-refractivity contribution in [3.63, 3.8) is 0 Å². The summed E-state index contributed by atoms with van der Waals surface area (Å²) in [6.45, 7) is 7.83. The number of urea groups is 1. The van der Waals surface area contributed by atoms with Crippen LogP contribution in [0.25, 0.3) is 0 Å². The van der Waals surface area contributed by atoms with Gasteiger partial charge in [0.25, 0.3) is 0 Å². The number of amides is 2. The van der Waals surface area contributed by atoms with E-state index in [2.05, 4.69) is 32.8 Å². The zero-order chi connectivity index (χ0) is 20.7. The van der Waals surface area contributed by atoms with Crippen LogP contribution in [0.3, 0.4) is 0 Å². The van der Waals surface area contributed by atoms with E-state index < -0.39 is 0 Å². The number of methoxy groups -OCH3 is 1. The normalized spacial score (nSPS) is 18.8. The van der Waals surface area contributed by atoms with Gasteiger partial charge in [-0.25, -0.2) is 4.79 Å². The summed E-state index contributed by atoms with van der Waals surface area (Å²) in [6.07, 6.45) is 0. The third-order valence-corrected chi connectivity index (χ3v) is 4.71. The number of carbonyl (C=O) groups is 2. The molecule has 1 aromatic rings. The van der Waals surface area contributed by atoms with Gasteiger partial charge in [-0.3, -0.25) is 9.79 Å². The standard InChI is InChI=1S/C20H31N5O3.HI/c1-13(2)23-20(27)24-16-8-6-15(7-9-16)10-22-19(21-4)25-11-14(3)17(12-25)18(26)28-5;/h6-9,13-14,17H,10-12H2,1-5H3,(H,21,22)(H2,23,24,27);1H. The maximum absolute atomic E-state index is 11.9. The summed E-state index contributed by atoms with van der Waals surface area (Å²) in [5.41, 5.74) is 1.80. The van der Waals surface area contributed by atoms with Gasteiger partial charge < -0.3 is 25.6 Å². The van der Waals surface area contributed by atoms with E-state index in [1.807, 2.05) is 38.1 Å². The second-order valence-electron chi connectivity index (χ2n) is 7.36. The summed E-state index contributed by atoms with van der Waals surface area (Å²) in [5.74, 6) is 0.672. The first kappa shape index (κ1) is 25.0. The predicted octanol–water partition coefficient (Wildman–Crippen LogP) is 2.65. The lowest BCUT2D eigenvalue weighted by molar-refractivity contribution is -0.145. The van der Waals surface area contributed by atoms with E-state index in [4.69, 9.17) is 4.74 Å². The second-order valence-corrected chi connectivity index (χ2v) is 7.36. The van der Waals surface area contributed by atoms with Crippen molar-refractivity contribution in [1.29, 1.82) is 0 Å².